The van der Waals surface area contributed by atoms with Crippen LogP contribution in [0.5, 0.6) is 0 Å². The Bertz CT molecular complexity index is 878. The molecule has 0 bridgehead atoms. The quantitative estimate of drug-likeness (QED) is 0.456. The van der Waals surface area contributed by atoms with Crippen LogP contribution in [-0.2, 0) is 26.2 Å². The molecule has 0 aliphatic heterocycles. The van der Waals surface area contributed by atoms with Crippen LogP contribution in [-0.4, -0.2) is 25.9 Å². The minimum atomic E-state index is -3.81. The molecule has 2 aromatic rings. The summed E-state index contributed by atoms with van der Waals surface area (Å²) in [6.07, 6.45) is 0. The number of benzene rings is 2. The highest BCUT2D eigenvalue weighted by Crippen LogP contribution is 2.14. The summed E-state index contributed by atoms with van der Waals surface area (Å²) >= 11 is 0. The summed E-state index contributed by atoms with van der Waals surface area (Å²) in [5.74, 6) is -0.790. The molecule has 0 heterocycles. The molecule has 25 heavy (non-hydrogen) atoms. The Morgan fingerprint density at radius 2 is 1.88 bits per heavy atom. The number of carbonyl (C=O) groups is 1. The van der Waals surface area contributed by atoms with Crippen LogP contribution in [0.3, 0.4) is 0 Å². The van der Waals surface area contributed by atoms with E-state index in [-0.39, 0.29) is 17.2 Å². The number of non-ortho nitro benzene ring substituents is 1. The summed E-state index contributed by atoms with van der Waals surface area (Å²) in [6.45, 7) is 1.10. The standard InChI is InChI=1S/C16H16N2O6S/c1-12-5-7-15(8-6-12)25(22,23)17-10-16(19)24-11-13-3-2-4-14(9-13)18(20)21/h2-9,17H,10-11H2,1H3. The fourth-order valence-corrected chi connectivity index (χ4v) is 2.90. The van der Waals surface area contributed by atoms with Gasteiger partial charge in [0.1, 0.15) is 13.2 Å². The Labute approximate surface area is 144 Å². The fraction of sp³-hybridized carbons (Fsp3) is 0.188. The smallest absolute Gasteiger partial charge is 0.321 e. The molecule has 0 amide bonds. The van der Waals surface area contributed by atoms with Crippen LogP contribution in [0.4, 0.5) is 5.69 Å². The molecule has 132 valence electrons. The number of esters is 1. The molecular weight excluding hydrogens is 348 g/mol. The largest absolute Gasteiger partial charge is 0.460 e. The first kappa shape index (κ1) is 18.6. The number of nitro benzene ring substituents is 1. The predicted molar refractivity (Wildman–Crippen MR) is 89.3 cm³/mol. The van der Waals surface area contributed by atoms with E-state index in [0.29, 0.717) is 5.56 Å². The zero-order valence-electron chi connectivity index (χ0n) is 13.3. The lowest BCUT2D eigenvalue weighted by atomic mass is 10.2. The van der Waals surface area contributed by atoms with Crippen LogP contribution < -0.4 is 4.72 Å². The summed E-state index contributed by atoms with van der Waals surface area (Å²) in [5, 5.41) is 10.7. The highest BCUT2D eigenvalue weighted by atomic mass is 32.2. The number of ether oxygens (including phenoxy) is 1. The number of sulfonamides is 1. The topological polar surface area (TPSA) is 116 Å². The van der Waals surface area contributed by atoms with Crippen LogP contribution in [0.1, 0.15) is 11.1 Å². The lowest BCUT2D eigenvalue weighted by molar-refractivity contribution is -0.384. The molecule has 0 aliphatic carbocycles. The van der Waals surface area contributed by atoms with Gasteiger partial charge in [0.25, 0.3) is 5.69 Å². The predicted octanol–water partition coefficient (Wildman–Crippen LogP) is 1.92. The Hall–Kier alpha value is -2.78. The number of aryl methyl sites for hydroxylation is 1. The number of hydrogen-bond donors (Lipinski definition) is 1. The zero-order chi connectivity index (χ0) is 18.4. The summed E-state index contributed by atoms with van der Waals surface area (Å²) in [5.41, 5.74) is 1.23. The Balaban J connectivity index is 1.89. The minimum Gasteiger partial charge on any atom is -0.460 e. The molecule has 0 aliphatic rings. The second-order valence-electron chi connectivity index (χ2n) is 5.23. The van der Waals surface area contributed by atoms with Crippen LogP contribution in [0.15, 0.2) is 53.4 Å². The van der Waals surface area contributed by atoms with Gasteiger partial charge in [-0.1, -0.05) is 29.8 Å². The van der Waals surface area contributed by atoms with E-state index in [0.717, 1.165) is 5.56 Å². The number of hydrogen-bond acceptors (Lipinski definition) is 6. The molecule has 0 spiro atoms. The molecule has 2 rings (SSSR count). The summed E-state index contributed by atoms with van der Waals surface area (Å²) in [7, 11) is -3.81. The van der Waals surface area contributed by atoms with Crippen molar-refractivity contribution in [1.82, 2.24) is 4.72 Å². The summed E-state index contributed by atoms with van der Waals surface area (Å²) in [6, 6.07) is 11.8. The van der Waals surface area contributed by atoms with Gasteiger partial charge in [0.05, 0.1) is 9.82 Å². The molecule has 0 fully saturated rings. The van der Waals surface area contributed by atoms with Crippen molar-refractivity contribution in [2.24, 2.45) is 0 Å². The van der Waals surface area contributed by atoms with E-state index in [9.17, 15) is 23.3 Å². The molecule has 0 radical (unpaired) electrons. The molecule has 0 unspecified atom stereocenters. The van der Waals surface area contributed by atoms with Crippen molar-refractivity contribution in [2.75, 3.05) is 6.54 Å². The van der Waals surface area contributed by atoms with E-state index < -0.39 is 27.5 Å². The van der Waals surface area contributed by atoms with E-state index in [2.05, 4.69) is 4.72 Å². The van der Waals surface area contributed by atoms with Gasteiger partial charge in [0, 0.05) is 12.1 Å². The average molecular weight is 364 g/mol. The number of nitrogens with zero attached hydrogens (tertiary/aromatic N) is 1. The lowest BCUT2D eigenvalue weighted by Gasteiger charge is -2.08. The first-order valence-electron chi connectivity index (χ1n) is 7.23. The highest BCUT2D eigenvalue weighted by molar-refractivity contribution is 7.89. The van der Waals surface area contributed by atoms with Crippen molar-refractivity contribution in [3.63, 3.8) is 0 Å². The molecule has 0 atom stereocenters. The Morgan fingerprint density at radius 3 is 2.52 bits per heavy atom. The molecule has 2 aromatic carbocycles. The third-order valence-electron chi connectivity index (χ3n) is 3.26. The molecule has 1 N–H and O–H groups in total. The second kappa shape index (κ2) is 7.86. The van der Waals surface area contributed by atoms with Gasteiger partial charge >= 0.3 is 5.97 Å². The number of nitro groups is 1. The van der Waals surface area contributed by atoms with Gasteiger partial charge in [-0.2, -0.15) is 4.72 Å². The van der Waals surface area contributed by atoms with Crippen LogP contribution >= 0.6 is 0 Å². The van der Waals surface area contributed by atoms with E-state index in [4.69, 9.17) is 4.74 Å². The van der Waals surface area contributed by atoms with E-state index in [1.165, 1.54) is 30.3 Å². The van der Waals surface area contributed by atoms with Crippen LogP contribution in [0.25, 0.3) is 0 Å². The van der Waals surface area contributed by atoms with Crippen molar-refractivity contribution >= 4 is 21.7 Å². The van der Waals surface area contributed by atoms with Crippen molar-refractivity contribution in [2.45, 2.75) is 18.4 Å². The first-order chi connectivity index (χ1) is 11.8. The molecule has 0 saturated heterocycles. The Kier molecular flexibility index (Phi) is 5.84. The number of nitrogens with one attached hydrogen (secondary N) is 1. The fourth-order valence-electron chi connectivity index (χ4n) is 1.93. The van der Waals surface area contributed by atoms with Gasteiger partial charge in [-0.25, -0.2) is 8.42 Å². The maximum atomic E-state index is 12.0. The van der Waals surface area contributed by atoms with Crippen LogP contribution in [0, 0.1) is 17.0 Å². The zero-order valence-corrected chi connectivity index (χ0v) is 14.2. The van der Waals surface area contributed by atoms with E-state index >= 15 is 0 Å². The van der Waals surface area contributed by atoms with Gasteiger partial charge in [-0.15, -0.1) is 0 Å². The molecule has 8 nitrogen and oxygen atoms in total. The molecule has 0 saturated carbocycles. The SMILES string of the molecule is Cc1ccc(S(=O)(=O)NCC(=O)OCc2cccc([N+](=O)[O-])c2)cc1. The number of rotatable bonds is 7. The van der Waals surface area contributed by atoms with Gasteiger partial charge in [-0.3, -0.25) is 14.9 Å². The van der Waals surface area contributed by atoms with Crippen molar-refractivity contribution in [1.29, 1.82) is 0 Å². The lowest BCUT2D eigenvalue weighted by Crippen LogP contribution is -2.30. The maximum Gasteiger partial charge on any atom is 0.321 e. The second-order valence-corrected chi connectivity index (χ2v) is 6.99. The van der Waals surface area contributed by atoms with Crippen molar-refractivity contribution < 1.29 is 22.9 Å². The third-order valence-corrected chi connectivity index (χ3v) is 4.68. The monoisotopic (exact) mass is 364 g/mol. The van der Waals surface area contributed by atoms with Crippen molar-refractivity contribution in [3.05, 3.63) is 69.8 Å². The van der Waals surface area contributed by atoms with Crippen molar-refractivity contribution in [3.8, 4) is 0 Å². The summed E-state index contributed by atoms with van der Waals surface area (Å²) < 4.78 is 31.2. The van der Waals surface area contributed by atoms with Gasteiger partial charge in [-0.05, 0) is 24.6 Å². The van der Waals surface area contributed by atoms with E-state index in [1.54, 1.807) is 18.2 Å². The maximum absolute atomic E-state index is 12.0. The van der Waals surface area contributed by atoms with Crippen LogP contribution in [0.2, 0.25) is 0 Å². The van der Waals surface area contributed by atoms with Gasteiger partial charge < -0.3 is 4.74 Å². The highest BCUT2D eigenvalue weighted by Gasteiger charge is 2.16. The number of carbonyl (C=O) groups excluding carboxylic acids is 1. The molecule has 0 aromatic heterocycles. The van der Waals surface area contributed by atoms with Gasteiger partial charge in [0.2, 0.25) is 10.0 Å². The van der Waals surface area contributed by atoms with Gasteiger partial charge in [0.15, 0.2) is 0 Å². The van der Waals surface area contributed by atoms with E-state index in [1.807, 2.05) is 6.92 Å². The summed E-state index contributed by atoms with van der Waals surface area (Å²) in [4.78, 5) is 21.9. The third kappa shape index (κ3) is 5.37. The normalized spacial score (nSPS) is 11.1. The average Bonchev–Trinajstić information content (AvgIpc) is 2.59. The first-order valence-corrected chi connectivity index (χ1v) is 8.71. The minimum absolute atomic E-state index is 0.0459. The molecular formula is C16H16N2O6S. The Morgan fingerprint density at radius 1 is 1.20 bits per heavy atom. The molecule has 9 heteroatoms.